The maximum atomic E-state index is 11.5. The maximum Gasteiger partial charge on any atom is 0.226 e. The van der Waals surface area contributed by atoms with Gasteiger partial charge in [0.25, 0.3) is 0 Å². The lowest BCUT2D eigenvalue weighted by atomic mass is 10.2. The molecule has 1 aromatic carbocycles. The first-order chi connectivity index (χ1) is 8.19. The van der Waals surface area contributed by atoms with Gasteiger partial charge in [0.1, 0.15) is 0 Å². The number of nitrogens with zero attached hydrogens (tertiary/aromatic N) is 1. The topological polar surface area (TPSA) is 68.0 Å². The molecule has 18 heavy (non-hydrogen) atoms. The van der Waals surface area contributed by atoms with Crippen molar-refractivity contribution in [3.05, 3.63) is 23.8 Å². The summed E-state index contributed by atoms with van der Waals surface area (Å²) in [7, 11) is 0. The van der Waals surface area contributed by atoms with E-state index in [1.165, 1.54) is 16.9 Å². The van der Waals surface area contributed by atoms with Gasteiger partial charge in [-0.1, -0.05) is 17.4 Å². The van der Waals surface area contributed by atoms with Gasteiger partial charge >= 0.3 is 0 Å². The molecule has 0 aliphatic carbocycles. The second-order valence-corrected chi connectivity index (χ2v) is 4.96. The Morgan fingerprint density at radius 2 is 2.28 bits per heavy atom. The molecule has 2 aromatic rings. The minimum absolute atomic E-state index is 0. The summed E-state index contributed by atoms with van der Waals surface area (Å²) < 4.78 is 1.10. The van der Waals surface area contributed by atoms with Crippen molar-refractivity contribution < 1.29 is 4.79 Å². The fourth-order valence-electron chi connectivity index (χ4n) is 1.53. The molecule has 4 nitrogen and oxygen atoms in total. The molecule has 2 rings (SSSR count). The van der Waals surface area contributed by atoms with Crippen molar-refractivity contribution in [2.24, 2.45) is 5.73 Å². The fourth-order valence-corrected chi connectivity index (χ4v) is 2.51. The summed E-state index contributed by atoms with van der Waals surface area (Å²) in [5.41, 5.74) is 7.48. The third kappa shape index (κ3) is 3.66. The summed E-state index contributed by atoms with van der Waals surface area (Å²) in [4.78, 5) is 15.9. The van der Waals surface area contributed by atoms with E-state index in [0.29, 0.717) is 24.5 Å². The van der Waals surface area contributed by atoms with Crippen LogP contribution in [0.3, 0.4) is 0 Å². The second-order valence-electron chi connectivity index (χ2n) is 3.93. The number of hydrogen-bond acceptors (Lipinski definition) is 4. The lowest BCUT2D eigenvalue weighted by Gasteiger charge is -1.98. The largest absolute Gasteiger partial charge is 0.330 e. The summed E-state index contributed by atoms with van der Waals surface area (Å²) in [6.07, 6.45) is 1.15. The molecule has 0 fully saturated rings. The normalized spacial score (nSPS) is 10.1. The summed E-state index contributed by atoms with van der Waals surface area (Å²) >= 11 is 1.50. The summed E-state index contributed by atoms with van der Waals surface area (Å²) in [6, 6.07) is 6.06. The number of nitrogens with one attached hydrogen (secondary N) is 1. The molecule has 0 atom stereocenters. The van der Waals surface area contributed by atoms with E-state index in [9.17, 15) is 4.79 Å². The van der Waals surface area contributed by atoms with Gasteiger partial charge in [0.15, 0.2) is 5.13 Å². The van der Waals surface area contributed by atoms with Crippen LogP contribution in [0.5, 0.6) is 0 Å². The first-order valence-corrected chi connectivity index (χ1v) is 6.38. The number of fused-ring (bicyclic) bond motifs is 1. The molecular formula is C12H16ClN3OS. The molecular weight excluding hydrogens is 270 g/mol. The average molecular weight is 286 g/mol. The van der Waals surface area contributed by atoms with Crippen molar-refractivity contribution in [3.63, 3.8) is 0 Å². The van der Waals surface area contributed by atoms with E-state index in [0.717, 1.165) is 10.2 Å². The molecule has 1 amide bonds. The highest BCUT2D eigenvalue weighted by Crippen LogP contribution is 2.26. The van der Waals surface area contributed by atoms with Crippen molar-refractivity contribution in [1.82, 2.24) is 4.98 Å². The number of carbonyl (C=O) groups excluding carboxylic acids is 1. The molecule has 0 unspecified atom stereocenters. The van der Waals surface area contributed by atoms with E-state index in [1.807, 2.05) is 19.1 Å². The van der Waals surface area contributed by atoms with Crippen LogP contribution >= 0.6 is 23.7 Å². The van der Waals surface area contributed by atoms with Crippen LogP contribution in [0.4, 0.5) is 5.13 Å². The highest BCUT2D eigenvalue weighted by Gasteiger charge is 2.07. The number of rotatable bonds is 4. The van der Waals surface area contributed by atoms with Crippen LogP contribution in [-0.4, -0.2) is 17.4 Å². The molecule has 98 valence electrons. The molecule has 3 N–H and O–H groups in total. The highest BCUT2D eigenvalue weighted by atomic mass is 35.5. The lowest BCUT2D eigenvalue weighted by Crippen LogP contribution is -2.13. The van der Waals surface area contributed by atoms with Gasteiger partial charge in [-0.25, -0.2) is 4.98 Å². The van der Waals surface area contributed by atoms with E-state index in [2.05, 4.69) is 16.4 Å². The van der Waals surface area contributed by atoms with E-state index in [1.54, 1.807) is 0 Å². The van der Waals surface area contributed by atoms with Gasteiger partial charge in [0, 0.05) is 6.42 Å². The smallest absolute Gasteiger partial charge is 0.226 e. The number of aryl methyl sites for hydroxylation is 1. The van der Waals surface area contributed by atoms with Crippen molar-refractivity contribution in [2.45, 2.75) is 19.8 Å². The Balaban J connectivity index is 0.00000162. The van der Waals surface area contributed by atoms with Crippen LogP contribution in [0.25, 0.3) is 10.2 Å². The fraction of sp³-hybridized carbons (Fsp3) is 0.333. The lowest BCUT2D eigenvalue weighted by molar-refractivity contribution is -0.116. The molecule has 0 saturated heterocycles. The van der Waals surface area contributed by atoms with Crippen LogP contribution in [0.1, 0.15) is 18.4 Å². The minimum Gasteiger partial charge on any atom is -0.330 e. The summed E-state index contributed by atoms with van der Waals surface area (Å²) in [6.45, 7) is 2.57. The number of benzene rings is 1. The number of aromatic nitrogens is 1. The molecule has 0 radical (unpaired) electrons. The Bertz CT molecular complexity index is 541. The number of nitrogens with two attached hydrogens (primary N) is 1. The molecule has 6 heteroatoms. The van der Waals surface area contributed by atoms with Gasteiger partial charge in [-0.3, -0.25) is 4.79 Å². The number of amides is 1. The second kappa shape index (κ2) is 6.68. The molecule has 0 spiro atoms. The molecule has 0 aliphatic rings. The summed E-state index contributed by atoms with van der Waals surface area (Å²) in [5.74, 6) is -0.0220. The number of carbonyl (C=O) groups is 1. The SMILES string of the molecule is Cc1ccc2nc(NC(=O)CCCN)sc2c1.Cl. The Kier molecular flexibility index (Phi) is 5.53. The number of hydrogen-bond donors (Lipinski definition) is 2. The monoisotopic (exact) mass is 285 g/mol. The number of halogens is 1. The van der Waals surface area contributed by atoms with Crippen LogP contribution in [0.15, 0.2) is 18.2 Å². The van der Waals surface area contributed by atoms with Gasteiger partial charge in [-0.15, -0.1) is 12.4 Å². The van der Waals surface area contributed by atoms with E-state index >= 15 is 0 Å². The average Bonchev–Trinajstić information content (AvgIpc) is 2.67. The predicted octanol–water partition coefficient (Wildman–Crippen LogP) is 2.70. The first kappa shape index (κ1) is 14.9. The number of thiazole rings is 1. The Labute approximate surface area is 116 Å². The van der Waals surface area contributed by atoms with Gasteiger partial charge < -0.3 is 11.1 Å². The van der Waals surface area contributed by atoms with Gasteiger partial charge in [0.2, 0.25) is 5.91 Å². The predicted molar refractivity (Wildman–Crippen MR) is 78.5 cm³/mol. The van der Waals surface area contributed by atoms with E-state index < -0.39 is 0 Å². The van der Waals surface area contributed by atoms with Crippen LogP contribution < -0.4 is 11.1 Å². The summed E-state index contributed by atoms with van der Waals surface area (Å²) in [5, 5.41) is 3.46. The Morgan fingerprint density at radius 3 is 3.00 bits per heavy atom. The quantitative estimate of drug-likeness (QED) is 0.907. The molecule has 0 aliphatic heterocycles. The molecule has 1 heterocycles. The third-order valence-corrected chi connectivity index (χ3v) is 3.33. The standard InChI is InChI=1S/C12H15N3OS.ClH/c1-8-4-5-9-10(7-8)17-12(14-9)15-11(16)3-2-6-13;/h4-5,7H,2-3,6,13H2,1H3,(H,14,15,16);1H. The third-order valence-electron chi connectivity index (χ3n) is 2.40. The van der Waals surface area contributed by atoms with Crippen LogP contribution in [0.2, 0.25) is 0 Å². The van der Waals surface area contributed by atoms with E-state index in [-0.39, 0.29) is 18.3 Å². The molecule has 1 aromatic heterocycles. The zero-order valence-corrected chi connectivity index (χ0v) is 11.7. The van der Waals surface area contributed by atoms with Crippen molar-refractivity contribution in [1.29, 1.82) is 0 Å². The Hall–Kier alpha value is -1.17. The van der Waals surface area contributed by atoms with Crippen LogP contribution in [0, 0.1) is 6.92 Å². The van der Waals surface area contributed by atoms with Gasteiger partial charge in [-0.05, 0) is 37.6 Å². The Morgan fingerprint density at radius 1 is 1.50 bits per heavy atom. The highest BCUT2D eigenvalue weighted by molar-refractivity contribution is 7.22. The molecule has 0 bridgehead atoms. The van der Waals surface area contributed by atoms with Crippen molar-refractivity contribution >= 4 is 45.0 Å². The van der Waals surface area contributed by atoms with Crippen molar-refractivity contribution in [3.8, 4) is 0 Å². The zero-order valence-electron chi connectivity index (χ0n) is 10.1. The van der Waals surface area contributed by atoms with Gasteiger partial charge in [-0.2, -0.15) is 0 Å². The first-order valence-electron chi connectivity index (χ1n) is 5.56. The number of anilines is 1. The zero-order chi connectivity index (χ0) is 12.3. The van der Waals surface area contributed by atoms with Crippen molar-refractivity contribution in [2.75, 3.05) is 11.9 Å². The van der Waals surface area contributed by atoms with Gasteiger partial charge in [0.05, 0.1) is 10.2 Å². The van der Waals surface area contributed by atoms with Crippen LogP contribution in [-0.2, 0) is 4.79 Å². The maximum absolute atomic E-state index is 11.5. The van der Waals surface area contributed by atoms with E-state index in [4.69, 9.17) is 5.73 Å². The molecule has 0 saturated carbocycles. The minimum atomic E-state index is -0.0220.